The first-order valence-corrected chi connectivity index (χ1v) is 8.14. The van der Waals surface area contributed by atoms with Gasteiger partial charge in [0.2, 0.25) is 5.90 Å². The third kappa shape index (κ3) is 3.12. The van der Waals surface area contributed by atoms with E-state index in [4.69, 9.17) is 4.74 Å². The summed E-state index contributed by atoms with van der Waals surface area (Å²) in [5.41, 5.74) is 1.05. The third-order valence-corrected chi connectivity index (χ3v) is 5.32. The molecule has 1 aliphatic heterocycles. The van der Waals surface area contributed by atoms with Gasteiger partial charge in [0.25, 0.3) is 0 Å². The van der Waals surface area contributed by atoms with Crippen LogP contribution in [0.5, 0.6) is 0 Å². The van der Waals surface area contributed by atoms with Gasteiger partial charge in [0.05, 0.1) is 0 Å². The lowest BCUT2D eigenvalue weighted by Crippen LogP contribution is -2.05. The number of nitrogens with zero attached hydrogens (tertiary/aromatic N) is 1. The lowest BCUT2D eigenvalue weighted by molar-refractivity contribution is -0.129. The second-order valence-corrected chi connectivity index (χ2v) is 6.50. The minimum Gasteiger partial charge on any atom is -0.402 e. The fourth-order valence-electron chi connectivity index (χ4n) is 1.90. The topological polar surface area (TPSA) is 38.7 Å². The summed E-state index contributed by atoms with van der Waals surface area (Å²) in [6, 6.07) is 11.7. The molecule has 0 spiro atoms. The van der Waals surface area contributed by atoms with Crippen LogP contribution in [-0.2, 0) is 9.53 Å². The van der Waals surface area contributed by atoms with E-state index in [0.29, 0.717) is 11.1 Å². The van der Waals surface area contributed by atoms with Crippen molar-refractivity contribution in [2.75, 3.05) is 0 Å². The molecule has 110 valence electrons. The first-order chi connectivity index (χ1) is 10.5. The van der Waals surface area contributed by atoms with Crippen molar-refractivity contribution in [2.24, 2.45) is 4.99 Å². The Balaban J connectivity index is 1.98. The highest BCUT2D eigenvalue weighted by Gasteiger charge is 2.24. The number of esters is 1. The average molecular weight is 472 g/mol. The van der Waals surface area contributed by atoms with E-state index in [0.717, 1.165) is 8.04 Å². The number of carbonyl (C=O) groups is 1. The maximum Gasteiger partial charge on any atom is 0.363 e. The molecule has 0 saturated heterocycles. The normalized spacial score (nSPS) is 15.9. The summed E-state index contributed by atoms with van der Waals surface area (Å²) in [7, 11) is 0. The molecule has 0 fully saturated rings. The summed E-state index contributed by atoms with van der Waals surface area (Å²) >= 11 is 5.60. The average Bonchev–Trinajstić information content (AvgIpc) is 2.85. The molecule has 2 aromatic carbocycles. The smallest absolute Gasteiger partial charge is 0.363 e. The standard InChI is InChI=1S/C16H8BrFINO2/c17-11-7-10(5-6-13(11)19)15-20-14(16(21)22-15)8-9-3-1-2-4-12(9)18/h1-8H/b14-8-. The Morgan fingerprint density at radius 1 is 1.23 bits per heavy atom. The number of benzene rings is 2. The van der Waals surface area contributed by atoms with Crippen molar-refractivity contribution in [3.8, 4) is 0 Å². The number of cyclic esters (lactones) is 1. The number of hydrogen-bond acceptors (Lipinski definition) is 3. The Hall–Kier alpha value is -1.54. The van der Waals surface area contributed by atoms with Crippen molar-refractivity contribution in [3.05, 3.63) is 73.1 Å². The van der Waals surface area contributed by atoms with E-state index in [9.17, 15) is 9.18 Å². The zero-order valence-corrected chi connectivity index (χ0v) is 14.8. The van der Waals surface area contributed by atoms with Gasteiger partial charge in [-0.25, -0.2) is 14.2 Å². The number of carbonyl (C=O) groups excluding carboxylic acids is 1. The molecule has 0 radical (unpaired) electrons. The van der Waals surface area contributed by atoms with Crippen molar-refractivity contribution < 1.29 is 13.9 Å². The summed E-state index contributed by atoms with van der Waals surface area (Å²) in [5.74, 6) is -0.791. The van der Waals surface area contributed by atoms with Gasteiger partial charge in [0.1, 0.15) is 5.82 Å². The Morgan fingerprint density at radius 2 is 2.00 bits per heavy atom. The predicted octanol–water partition coefficient (Wildman–Crippen LogP) is 4.54. The molecule has 0 bridgehead atoms. The van der Waals surface area contributed by atoms with Gasteiger partial charge < -0.3 is 4.74 Å². The quantitative estimate of drug-likeness (QED) is 0.366. The molecule has 1 heterocycles. The Labute approximate surface area is 148 Å². The maximum absolute atomic E-state index is 13.6. The SMILES string of the molecule is O=C1OC(c2ccc(I)c(Br)c2)=N/C1=C\c1ccccc1F. The molecule has 3 rings (SSSR count). The summed E-state index contributed by atoms with van der Waals surface area (Å²) in [5, 5.41) is 0. The second kappa shape index (κ2) is 6.29. The summed E-state index contributed by atoms with van der Waals surface area (Å²) in [4.78, 5) is 16.0. The molecule has 0 aliphatic carbocycles. The van der Waals surface area contributed by atoms with Crippen LogP contribution in [-0.4, -0.2) is 11.9 Å². The van der Waals surface area contributed by atoms with Gasteiger partial charge >= 0.3 is 5.97 Å². The monoisotopic (exact) mass is 471 g/mol. The van der Waals surface area contributed by atoms with Gasteiger partial charge in [-0.1, -0.05) is 18.2 Å². The van der Waals surface area contributed by atoms with E-state index < -0.39 is 11.8 Å². The first-order valence-electron chi connectivity index (χ1n) is 6.27. The molecule has 22 heavy (non-hydrogen) atoms. The molecular weight excluding hydrogens is 464 g/mol. The van der Waals surface area contributed by atoms with Crippen LogP contribution in [0.1, 0.15) is 11.1 Å². The Bertz CT molecular complexity index is 833. The van der Waals surface area contributed by atoms with Gasteiger partial charge in [-0.05, 0) is 68.9 Å². The van der Waals surface area contributed by atoms with E-state index in [1.54, 1.807) is 18.2 Å². The molecule has 0 N–H and O–H groups in total. The number of rotatable bonds is 2. The predicted molar refractivity (Wildman–Crippen MR) is 93.9 cm³/mol. The van der Waals surface area contributed by atoms with Crippen LogP contribution in [0, 0.1) is 9.39 Å². The molecule has 2 aromatic rings. The lowest BCUT2D eigenvalue weighted by Gasteiger charge is -2.01. The molecule has 0 amide bonds. The summed E-state index contributed by atoms with van der Waals surface area (Å²) in [6.07, 6.45) is 1.38. The van der Waals surface area contributed by atoms with Gasteiger partial charge in [-0.2, -0.15) is 0 Å². The molecule has 0 saturated carbocycles. The zero-order valence-electron chi connectivity index (χ0n) is 11.0. The van der Waals surface area contributed by atoms with Crippen LogP contribution in [0.25, 0.3) is 6.08 Å². The van der Waals surface area contributed by atoms with E-state index >= 15 is 0 Å². The maximum atomic E-state index is 13.6. The van der Waals surface area contributed by atoms with Crippen LogP contribution < -0.4 is 0 Å². The first kappa shape index (κ1) is 15.4. The fraction of sp³-hybridized carbons (Fsp3) is 0. The van der Waals surface area contributed by atoms with Crippen molar-refractivity contribution in [1.82, 2.24) is 0 Å². The minimum atomic E-state index is -0.590. The zero-order chi connectivity index (χ0) is 15.7. The van der Waals surface area contributed by atoms with Gasteiger partial charge in [0, 0.05) is 19.2 Å². The second-order valence-electron chi connectivity index (χ2n) is 4.49. The number of aliphatic imine (C=N–C) groups is 1. The van der Waals surface area contributed by atoms with E-state index in [1.807, 2.05) is 18.2 Å². The molecule has 0 aromatic heterocycles. The molecule has 3 nitrogen and oxygen atoms in total. The molecular formula is C16H8BrFINO2. The van der Waals surface area contributed by atoms with Gasteiger partial charge in [0.15, 0.2) is 5.70 Å². The molecule has 1 aliphatic rings. The van der Waals surface area contributed by atoms with Gasteiger partial charge in [-0.15, -0.1) is 0 Å². The summed E-state index contributed by atoms with van der Waals surface area (Å²) in [6.45, 7) is 0. The highest BCUT2D eigenvalue weighted by molar-refractivity contribution is 14.1. The number of halogens is 3. The minimum absolute atomic E-state index is 0.0785. The molecule has 0 unspecified atom stereocenters. The van der Waals surface area contributed by atoms with Crippen molar-refractivity contribution in [2.45, 2.75) is 0 Å². The lowest BCUT2D eigenvalue weighted by atomic mass is 10.2. The highest BCUT2D eigenvalue weighted by Crippen LogP contribution is 2.24. The van der Waals surface area contributed by atoms with E-state index in [-0.39, 0.29) is 11.6 Å². The number of hydrogen-bond donors (Lipinski definition) is 0. The van der Waals surface area contributed by atoms with Crippen molar-refractivity contribution in [1.29, 1.82) is 0 Å². The van der Waals surface area contributed by atoms with E-state index in [1.165, 1.54) is 12.1 Å². The largest absolute Gasteiger partial charge is 0.402 e. The van der Waals surface area contributed by atoms with Crippen LogP contribution in [0.15, 0.2) is 57.6 Å². The van der Waals surface area contributed by atoms with E-state index in [2.05, 4.69) is 43.5 Å². The fourth-order valence-corrected chi connectivity index (χ4v) is 2.62. The van der Waals surface area contributed by atoms with Crippen LogP contribution in [0.4, 0.5) is 4.39 Å². The van der Waals surface area contributed by atoms with Crippen molar-refractivity contribution >= 4 is 56.5 Å². The van der Waals surface area contributed by atoms with Crippen molar-refractivity contribution in [3.63, 3.8) is 0 Å². The van der Waals surface area contributed by atoms with Crippen LogP contribution >= 0.6 is 38.5 Å². The molecule has 0 atom stereocenters. The molecule has 6 heteroatoms. The van der Waals surface area contributed by atoms with Gasteiger partial charge in [-0.3, -0.25) is 0 Å². The van der Waals surface area contributed by atoms with Crippen LogP contribution in [0.3, 0.4) is 0 Å². The highest BCUT2D eigenvalue weighted by atomic mass is 127. The third-order valence-electron chi connectivity index (χ3n) is 2.98. The van der Waals surface area contributed by atoms with Crippen LogP contribution in [0.2, 0.25) is 0 Å². The summed E-state index contributed by atoms with van der Waals surface area (Å²) < 4.78 is 20.7. The Kier molecular flexibility index (Phi) is 4.39. The Morgan fingerprint density at radius 3 is 2.73 bits per heavy atom. The number of ether oxygens (including phenoxy) is 1.